The summed E-state index contributed by atoms with van der Waals surface area (Å²) in [6.45, 7) is 6.46. The fourth-order valence-electron chi connectivity index (χ4n) is 2.71. The molecule has 2 heterocycles. The van der Waals surface area contributed by atoms with Gasteiger partial charge in [-0.25, -0.2) is 4.98 Å². The van der Waals surface area contributed by atoms with Crippen molar-refractivity contribution in [1.82, 2.24) is 10.3 Å². The molecule has 0 spiro atoms. The first-order chi connectivity index (χ1) is 10.2. The van der Waals surface area contributed by atoms with E-state index < -0.39 is 0 Å². The average Bonchev–Trinajstić information content (AvgIpc) is 2.89. The molecular weight excluding hydrogens is 280 g/mol. The van der Waals surface area contributed by atoms with E-state index in [2.05, 4.69) is 37.4 Å². The van der Waals surface area contributed by atoms with Crippen LogP contribution < -0.4 is 10.1 Å². The lowest BCUT2D eigenvalue weighted by Gasteiger charge is -2.12. The third-order valence-corrected chi connectivity index (χ3v) is 5.06. The topological polar surface area (TPSA) is 34.1 Å². The van der Waals surface area contributed by atoms with Crippen molar-refractivity contribution in [2.45, 2.75) is 39.2 Å². The van der Waals surface area contributed by atoms with Crippen LogP contribution in [0.3, 0.4) is 0 Å². The van der Waals surface area contributed by atoms with E-state index in [4.69, 9.17) is 9.72 Å². The van der Waals surface area contributed by atoms with Gasteiger partial charge in [0.25, 0.3) is 0 Å². The summed E-state index contributed by atoms with van der Waals surface area (Å²) < 4.78 is 5.52. The molecule has 0 bridgehead atoms. The van der Waals surface area contributed by atoms with Crippen LogP contribution in [-0.2, 0) is 19.4 Å². The first-order valence-corrected chi connectivity index (χ1v) is 8.34. The molecule has 0 amide bonds. The average molecular weight is 302 g/mol. The number of rotatable bonds is 4. The highest BCUT2D eigenvalue weighted by Gasteiger charge is 2.16. The van der Waals surface area contributed by atoms with Crippen LogP contribution >= 0.6 is 11.3 Å². The molecule has 1 N–H and O–H groups in total. The summed E-state index contributed by atoms with van der Waals surface area (Å²) in [7, 11) is 1.74. The second-order valence-corrected chi connectivity index (χ2v) is 6.98. The quantitative estimate of drug-likeness (QED) is 0.938. The molecule has 21 heavy (non-hydrogen) atoms. The zero-order valence-electron chi connectivity index (χ0n) is 12.9. The molecule has 3 rings (SSSR count). The highest BCUT2D eigenvalue weighted by Crippen LogP contribution is 2.29. The van der Waals surface area contributed by atoms with Crippen molar-refractivity contribution >= 4 is 11.3 Å². The van der Waals surface area contributed by atoms with E-state index in [0.29, 0.717) is 5.92 Å². The number of nitrogens with zero attached hydrogens (tertiary/aromatic N) is 1. The van der Waals surface area contributed by atoms with E-state index >= 15 is 0 Å². The second-order valence-electron chi connectivity index (χ2n) is 5.81. The molecule has 1 aromatic carbocycles. The molecule has 1 aliphatic rings. The van der Waals surface area contributed by atoms with Crippen molar-refractivity contribution in [2.24, 2.45) is 0 Å². The summed E-state index contributed by atoms with van der Waals surface area (Å²) >= 11 is 1.83. The fourth-order valence-corrected chi connectivity index (χ4v) is 3.82. The Bertz CT molecular complexity index is 610. The number of nitrogens with one attached hydrogen (secondary N) is 1. The highest BCUT2D eigenvalue weighted by molar-refractivity contribution is 7.11. The van der Waals surface area contributed by atoms with Crippen molar-refractivity contribution in [2.75, 3.05) is 13.7 Å². The SMILES string of the molecule is COc1ccc(C(C)C)cc1Cc1nc2c(s1)CNCC2. The molecule has 0 saturated heterocycles. The Kier molecular flexibility index (Phi) is 4.27. The Hall–Kier alpha value is -1.39. The second kappa shape index (κ2) is 6.16. The number of ether oxygens (including phenoxy) is 1. The number of methoxy groups -OCH3 is 1. The van der Waals surface area contributed by atoms with Crippen LogP contribution in [0.25, 0.3) is 0 Å². The van der Waals surface area contributed by atoms with Gasteiger partial charge >= 0.3 is 0 Å². The van der Waals surface area contributed by atoms with E-state index in [1.165, 1.54) is 26.7 Å². The molecule has 0 radical (unpaired) electrons. The zero-order valence-corrected chi connectivity index (χ0v) is 13.7. The van der Waals surface area contributed by atoms with Crippen molar-refractivity contribution in [1.29, 1.82) is 0 Å². The van der Waals surface area contributed by atoms with Gasteiger partial charge in [0, 0.05) is 36.4 Å². The molecule has 3 nitrogen and oxygen atoms in total. The Morgan fingerprint density at radius 2 is 2.24 bits per heavy atom. The monoisotopic (exact) mass is 302 g/mol. The molecule has 0 fully saturated rings. The van der Waals surface area contributed by atoms with E-state index in [-0.39, 0.29) is 0 Å². The normalized spacial score (nSPS) is 14.3. The molecule has 1 aromatic heterocycles. The Balaban J connectivity index is 1.89. The minimum Gasteiger partial charge on any atom is -0.496 e. The predicted octanol–water partition coefficient (Wildman–Crippen LogP) is 3.51. The van der Waals surface area contributed by atoms with E-state index in [1.807, 2.05) is 11.3 Å². The minimum absolute atomic E-state index is 0.531. The van der Waals surface area contributed by atoms with Gasteiger partial charge in [0.2, 0.25) is 0 Å². The standard InChI is InChI=1S/C17H22N2OS/c1-11(2)12-4-5-15(20-3)13(8-12)9-17-19-14-6-7-18-10-16(14)21-17/h4-5,8,11,18H,6-7,9-10H2,1-3H3. The van der Waals surface area contributed by atoms with Crippen LogP contribution in [0.4, 0.5) is 0 Å². The molecule has 4 heteroatoms. The van der Waals surface area contributed by atoms with Crippen LogP contribution in [0.15, 0.2) is 18.2 Å². The lowest BCUT2D eigenvalue weighted by molar-refractivity contribution is 0.410. The summed E-state index contributed by atoms with van der Waals surface area (Å²) in [5.41, 5.74) is 3.88. The summed E-state index contributed by atoms with van der Waals surface area (Å²) in [6, 6.07) is 6.51. The number of hydrogen-bond acceptors (Lipinski definition) is 4. The predicted molar refractivity (Wildman–Crippen MR) is 87.4 cm³/mol. The number of fused-ring (bicyclic) bond motifs is 1. The number of aromatic nitrogens is 1. The maximum Gasteiger partial charge on any atom is 0.122 e. The van der Waals surface area contributed by atoms with E-state index in [9.17, 15) is 0 Å². The number of thiazole rings is 1. The highest BCUT2D eigenvalue weighted by atomic mass is 32.1. The molecule has 112 valence electrons. The van der Waals surface area contributed by atoms with Crippen LogP contribution in [0.1, 0.15) is 46.5 Å². The molecule has 1 aliphatic heterocycles. The molecular formula is C17H22N2OS. The lowest BCUT2D eigenvalue weighted by atomic mass is 9.99. The maximum atomic E-state index is 5.52. The van der Waals surface area contributed by atoms with Gasteiger partial charge in [0.05, 0.1) is 17.8 Å². The third-order valence-electron chi connectivity index (χ3n) is 3.96. The molecule has 0 aliphatic carbocycles. The van der Waals surface area contributed by atoms with Gasteiger partial charge in [0.1, 0.15) is 5.75 Å². The third kappa shape index (κ3) is 3.11. The molecule has 0 saturated carbocycles. The van der Waals surface area contributed by atoms with E-state index in [0.717, 1.165) is 31.7 Å². The summed E-state index contributed by atoms with van der Waals surface area (Å²) in [5, 5.41) is 4.61. The summed E-state index contributed by atoms with van der Waals surface area (Å²) in [4.78, 5) is 6.22. The smallest absolute Gasteiger partial charge is 0.122 e. The van der Waals surface area contributed by atoms with Gasteiger partial charge in [-0.05, 0) is 17.5 Å². The Morgan fingerprint density at radius 1 is 1.38 bits per heavy atom. The molecule has 0 atom stereocenters. The Labute approximate surface area is 130 Å². The molecule has 2 aromatic rings. The largest absolute Gasteiger partial charge is 0.496 e. The maximum absolute atomic E-state index is 5.52. The zero-order chi connectivity index (χ0) is 14.8. The Morgan fingerprint density at radius 3 is 2.95 bits per heavy atom. The summed E-state index contributed by atoms with van der Waals surface area (Å²) in [6.07, 6.45) is 1.91. The van der Waals surface area contributed by atoms with Crippen LogP contribution in [-0.4, -0.2) is 18.6 Å². The van der Waals surface area contributed by atoms with Crippen molar-refractivity contribution in [3.05, 3.63) is 44.9 Å². The van der Waals surface area contributed by atoms with Gasteiger partial charge < -0.3 is 10.1 Å². The molecule has 0 unspecified atom stereocenters. The van der Waals surface area contributed by atoms with Gasteiger partial charge in [0.15, 0.2) is 0 Å². The fraction of sp³-hybridized carbons (Fsp3) is 0.471. The van der Waals surface area contributed by atoms with Crippen LogP contribution in [0, 0.1) is 0 Å². The summed E-state index contributed by atoms with van der Waals surface area (Å²) in [5.74, 6) is 1.49. The van der Waals surface area contributed by atoms with Crippen molar-refractivity contribution in [3.8, 4) is 5.75 Å². The van der Waals surface area contributed by atoms with Crippen molar-refractivity contribution in [3.63, 3.8) is 0 Å². The van der Waals surface area contributed by atoms with Crippen LogP contribution in [0.5, 0.6) is 5.75 Å². The van der Waals surface area contributed by atoms with Crippen molar-refractivity contribution < 1.29 is 4.74 Å². The number of hydrogen-bond donors (Lipinski definition) is 1. The minimum atomic E-state index is 0.531. The van der Waals surface area contributed by atoms with Gasteiger partial charge in [-0.2, -0.15) is 0 Å². The first-order valence-electron chi connectivity index (χ1n) is 7.52. The van der Waals surface area contributed by atoms with E-state index in [1.54, 1.807) is 7.11 Å². The van der Waals surface area contributed by atoms with Gasteiger partial charge in [-0.3, -0.25) is 0 Å². The van der Waals surface area contributed by atoms with Gasteiger partial charge in [-0.1, -0.05) is 26.0 Å². The van der Waals surface area contributed by atoms with Crippen LogP contribution in [0.2, 0.25) is 0 Å². The number of benzene rings is 1. The van der Waals surface area contributed by atoms with Gasteiger partial charge in [-0.15, -0.1) is 11.3 Å². The first kappa shape index (κ1) is 14.5. The lowest BCUT2D eigenvalue weighted by Crippen LogP contribution is -2.22.